The lowest BCUT2D eigenvalue weighted by Crippen LogP contribution is -2.21. The molecule has 3 aromatic rings. The van der Waals surface area contributed by atoms with Crippen LogP contribution in [-0.2, 0) is 0 Å². The maximum Gasteiger partial charge on any atom is 0.205 e. The molecular formula is C19H12FN3O. The van der Waals surface area contributed by atoms with Gasteiger partial charge in [0.1, 0.15) is 23.0 Å². The third kappa shape index (κ3) is 2.09. The minimum absolute atomic E-state index is 0.0532. The Morgan fingerprint density at radius 3 is 2.67 bits per heavy atom. The Kier molecular flexibility index (Phi) is 3.17. The number of pyridine rings is 1. The normalized spacial score (nSPS) is 16.4. The summed E-state index contributed by atoms with van der Waals surface area (Å²) in [4.78, 5) is 4.38. The minimum Gasteiger partial charge on any atom is -0.438 e. The van der Waals surface area contributed by atoms with Gasteiger partial charge in [-0.2, -0.15) is 5.26 Å². The molecule has 0 saturated carbocycles. The molecule has 2 aromatic carbocycles. The summed E-state index contributed by atoms with van der Waals surface area (Å²) in [5.41, 5.74) is 8.54. The van der Waals surface area contributed by atoms with Gasteiger partial charge in [0.05, 0.1) is 5.92 Å². The van der Waals surface area contributed by atoms with Gasteiger partial charge < -0.3 is 10.5 Å². The summed E-state index contributed by atoms with van der Waals surface area (Å²) in [6, 6.07) is 15.8. The summed E-state index contributed by atoms with van der Waals surface area (Å²) in [6.07, 6.45) is 1.68. The van der Waals surface area contributed by atoms with Gasteiger partial charge in [0.15, 0.2) is 5.75 Å². The smallest absolute Gasteiger partial charge is 0.205 e. The molecule has 1 aromatic heterocycles. The van der Waals surface area contributed by atoms with E-state index < -0.39 is 5.92 Å². The highest BCUT2D eigenvalue weighted by atomic mass is 19.1. The van der Waals surface area contributed by atoms with Crippen molar-refractivity contribution in [3.05, 3.63) is 83.1 Å². The molecule has 0 saturated heterocycles. The van der Waals surface area contributed by atoms with Crippen LogP contribution in [0.1, 0.15) is 17.0 Å². The number of hydrogen-bond acceptors (Lipinski definition) is 4. The van der Waals surface area contributed by atoms with E-state index in [2.05, 4.69) is 11.1 Å². The fourth-order valence-corrected chi connectivity index (χ4v) is 3.05. The quantitative estimate of drug-likeness (QED) is 0.744. The summed E-state index contributed by atoms with van der Waals surface area (Å²) >= 11 is 0. The number of nitrogens with zero attached hydrogens (tertiary/aromatic N) is 2. The Morgan fingerprint density at radius 2 is 1.92 bits per heavy atom. The number of fused-ring (bicyclic) bond motifs is 3. The zero-order valence-corrected chi connectivity index (χ0v) is 12.5. The molecule has 5 heteroatoms. The van der Waals surface area contributed by atoms with Crippen molar-refractivity contribution in [3.8, 4) is 11.8 Å². The molecule has 0 radical (unpaired) electrons. The molecule has 1 aliphatic rings. The van der Waals surface area contributed by atoms with E-state index in [4.69, 9.17) is 10.5 Å². The lowest BCUT2D eigenvalue weighted by atomic mass is 9.83. The van der Waals surface area contributed by atoms with Crippen LogP contribution in [-0.4, -0.2) is 4.98 Å². The molecule has 2 N–H and O–H groups in total. The fourth-order valence-electron chi connectivity index (χ4n) is 3.05. The topological polar surface area (TPSA) is 71.9 Å². The van der Waals surface area contributed by atoms with Crippen molar-refractivity contribution in [1.29, 1.82) is 5.26 Å². The van der Waals surface area contributed by atoms with E-state index in [0.29, 0.717) is 16.8 Å². The summed E-state index contributed by atoms with van der Waals surface area (Å²) in [7, 11) is 0. The second-order valence-electron chi connectivity index (χ2n) is 5.54. The average molecular weight is 317 g/mol. The van der Waals surface area contributed by atoms with Crippen molar-refractivity contribution in [2.45, 2.75) is 5.92 Å². The number of nitriles is 1. The number of hydrogen-bond donors (Lipinski definition) is 1. The van der Waals surface area contributed by atoms with Crippen LogP contribution >= 0.6 is 0 Å². The lowest BCUT2D eigenvalue weighted by molar-refractivity contribution is 0.397. The lowest BCUT2D eigenvalue weighted by Gasteiger charge is -2.27. The summed E-state index contributed by atoms with van der Waals surface area (Å²) in [6.45, 7) is 0. The second-order valence-corrected chi connectivity index (χ2v) is 5.54. The van der Waals surface area contributed by atoms with Crippen LogP contribution in [0.2, 0.25) is 0 Å². The van der Waals surface area contributed by atoms with Crippen LogP contribution in [0.4, 0.5) is 4.39 Å². The van der Waals surface area contributed by atoms with Crippen molar-refractivity contribution in [1.82, 2.24) is 4.98 Å². The zero-order chi connectivity index (χ0) is 16.7. The fraction of sp³-hybridized carbons (Fsp3) is 0.0526. The Morgan fingerprint density at radius 1 is 1.12 bits per heavy atom. The van der Waals surface area contributed by atoms with E-state index in [0.717, 1.165) is 16.5 Å². The van der Waals surface area contributed by atoms with Gasteiger partial charge >= 0.3 is 0 Å². The minimum atomic E-state index is -0.411. The number of nitrogens with two attached hydrogens (primary N) is 1. The van der Waals surface area contributed by atoms with E-state index >= 15 is 0 Å². The monoisotopic (exact) mass is 317 g/mol. The molecule has 0 spiro atoms. The SMILES string of the molecule is N#CC1=C(N)Oc2c(ccc3cccnc23)[C@H]1c1ccc(F)cc1. The van der Waals surface area contributed by atoms with Crippen molar-refractivity contribution in [2.75, 3.05) is 0 Å². The first-order chi connectivity index (χ1) is 11.7. The van der Waals surface area contributed by atoms with Gasteiger partial charge in [-0.1, -0.05) is 30.3 Å². The maximum atomic E-state index is 13.3. The highest BCUT2D eigenvalue weighted by Crippen LogP contribution is 2.44. The van der Waals surface area contributed by atoms with Crippen molar-refractivity contribution in [3.63, 3.8) is 0 Å². The van der Waals surface area contributed by atoms with E-state index in [1.54, 1.807) is 18.3 Å². The van der Waals surface area contributed by atoms with Crippen molar-refractivity contribution >= 4 is 10.9 Å². The standard InChI is InChI=1S/C19H12FN3O/c20-13-6-3-11(4-7-13)16-14-8-5-12-2-1-9-23-17(12)18(14)24-19(22)15(16)10-21/h1-9,16H,22H2/t16-/m1/s1. The Bertz CT molecular complexity index is 1020. The first-order valence-electron chi connectivity index (χ1n) is 7.39. The summed E-state index contributed by atoms with van der Waals surface area (Å²) in [5.74, 6) is -0.149. The molecule has 116 valence electrons. The molecule has 0 fully saturated rings. The Labute approximate surface area is 137 Å². The van der Waals surface area contributed by atoms with Crippen LogP contribution in [0, 0.1) is 17.1 Å². The van der Waals surface area contributed by atoms with E-state index in [-0.39, 0.29) is 11.7 Å². The number of aromatic nitrogens is 1. The van der Waals surface area contributed by atoms with Crippen molar-refractivity contribution in [2.24, 2.45) is 5.73 Å². The summed E-state index contributed by atoms with van der Waals surface area (Å²) in [5, 5.41) is 10.4. The third-order valence-corrected chi connectivity index (χ3v) is 4.16. The molecule has 1 atom stereocenters. The van der Waals surface area contributed by atoms with E-state index in [1.807, 2.05) is 24.3 Å². The Hall–Kier alpha value is -3.39. The molecule has 4 rings (SSSR count). The highest BCUT2D eigenvalue weighted by molar-refractivity contribution is 5.87. The molecule has 0 aliphatic carbocycles. The van der Waals surface area contributed by atoms with Crippen LogP contribution in [0.15, 0.2) is 66.2 Å². The molecule has 1 aliphatic heterocycles. The predicted octanol–water partition coefficient (Wildman–Crippen LogP) is 3.59. The van der Waals surface area contributed by atoms with Gasteiger partial charge in [-0.3, -0.25) is 4.98 Å². The maximum absolute atomic E-state index is 13.3. The van der Waals surface area contributed by atoms with Crippen LogP contribution in [0.5, 0.6) is 5.75 Å². The predicted molar refractivity (Wildman–Crippen MR) is 87.4 cm³/mol. The van der Waals surface area contributed by atoms with Gasteiger partial charge in [0, 0.05) is 17.1 Å². The van der Waals surface area contributed by atoms with Crippen molar-refractivity contribution < 1.29 is 9.13 Å². The Balaban J connectivity index is 2.00. The number of benzene rings is 2. The molecule has 24 heavy (non-hydrogen) atoms. The number of halogens is 1. The molecule has 0 amide bonds. The molecule has 2 heterocycles. The third-order valence-electron chi connectivity index (χ3n) is 4.16. The van der Waals surface area contributed by atoms with E-state index in [1.165, 1.54) is 12.1 Å². The number of ether oxygens (including phenoxy) is 1. The highest BCUT2D eigenvalue weighted by Gasteiger charge is 2.31. The van der Waals surface area contributed by atoms with Crippen LogP contribution in [0.3, 0.4) is 0 Å². The zero-order valence-electron chi connectivity index (χ0n) is 12.5. The van der Waals surface area contributed by atoms with Crippen LogP contribution < -0.4 is 10.5 Å². The van der Waals surface area contributed by atoms with Gasteiger partial charge in [0.25, 0.3) is 0 Å². The van der Waals surface area contributed by atoms with E-state index in [9.17, 15) is 9.65 Å². The molecule has 0 unspecified atom stereocenters. The molecule has 0 bridgehead atoms. The summed E-state index contributed by atoms with van der Waals surface area (Å²) < 4.78 is 19.0. The second kappa shape index (κ2) is 5.36. The largest absolute Gasteiger partial charge is 0.438 e. The average Bonchev–Trinajstić information content (AvgIpc) is 2.61. The van der Waals surface area contributed by atoms with Gasteiger partial charge in [-0.05, 0) is 23.8 Å². The first-order valence-corrected chi connectivity index (χ1v) is 7.39. The molecular weight excluding hydrogens is 305 g/mol. The number of rotatable bonds is 1. The van der Waals surface area contributed by atoms with Gasteiger partial charge in [-0.15, -0.1) is 0 Å². The van der Waals surface area contributed by atoms with Gasteiger partial charge in [0.2, 0.25) is 5.88 Å². The van der Waals surface area contributed by atoms with Crippen LogP contribution in [0.25, 0.3) is 10.9 Å². The first kappa shape index (κ1) is 14.2. The number of allylic oxidation sites excluding steroid dienone is 1. The van der Waals surface area contributed by atoms with Gasteiger partial charge in [-0.25, -0.2) is 4.39 Å². The molecule has 4 nitrogen and oxygen atoms in total.